The molecule has 0 fully saturated rings. The van der Waals surface area contributed by atoms with Crippen LogP contribution in [0.15, 0.2) is 11.6 Å². The summed E-state index contributed by atoms with van der Waals surface area (Å²) in [6.45, 7) is 1.91. The van der Waals surface area contributed by atoms with E-state index in [0.717, 1.165) is 37.5 Å². The lowest BCUT2D eigenvalue weighted by Crippen LogP contribution is -2.03. The minimum atomic E-state index is -0.114. The molecule has 0 aromatic rings. The first-order valence-corrected chi connectivity index (χ1v) is 8.59. The molecule has 3 heteroatoms. The number of cyclic esters (lactones) is 1. The average molecular weight is 294 g/mol. The highest BCUT2D eigenvalue weighted by atomic mass is 16.5. The Kier molecular flexibility index (Phi) is 9.84. The highest BCUT2D eigenvalue weighted by Gasteiger charge is 2.20. The minimum absolute atomic E-state index is 0.0287. The number of ether oxygens (including phenoxy) is 1. The smallest absolute Gasteiger partial charge is 0.334 e. The summed E-state index contributed by atoms with van der Waals surface area (Å²) in [5.41, 5.74) is 0.873. The Balaban J connectivity index is 1.82. The van der Waals surface area contributed by atoms with Gasteiger partial charge in [0.25, 0.3) is 0 Å². The van der Waals surface area contributed by atoms with Crippen molar-refractivity contribution in [2.45, 2.75) is 90.1 Å². The zero-order chi connectivity index (χ0) is 15.3. The Morgan fingerprint density at radius 3 is 1.95 bits per heavy atom. The van der Waals surface area contributed by atoms with Crippen LogP contribution in [0.4, 0.5) is 0 Å². The largest absolute Gasteiger partial charge is 0.455 e. The lowest BCUT2D eigenvalue weighted by molar-refractivity contribution is -0.139. The van der Waals surface area contributed by atoms with Crippen molar-refractivity contribution in [3.63, 3.8) is 0 Å². The Hall–Kier alpha value is -1.12. The first kappa shape index (κ1) is 17.9. The minimum Gasteiger partial charge on any atom is -0.455 e. The van der Waals surface area contributed by atoms with Crippen molar-refractivity contribution in [2.75, 3.05) is 0 Å². The van der Waals surface area contributed by atoms with Crippen molar-refractivity contribution in [1.29, 1.82) is 0 Å². The fourth-order valence-corrected chi connectivity index (χ4v) is 2.77. The van der Waals surface area contributed by atoms with Crippen LogP contribution in [0, 0.1) is 0 Å². The molecule has 0 radical (unpaired) electrons. The average Bonchev–Trinajstić information content (AvgIpc) is 2.78. The Labute approximate surface area is 129 Å². The Morgan fingerprint density at radius 2 is 1.48 bits per heavy atom. The third-order valence-corrected chi connectivity index (χ3v) is 4.01. The monoisotopic (exact) mass is 294 g/mol. The van der Waals surface area contributed by atoms with Gasteiger partial charge in [0.2, 0.25) is 0 Å². The zero-order valence-electron chi connectivity index (χ0n) is 13.4. The molecule has 1 rings (SSSR count). The molecule has 1 heterocycles. The van der Waals surface area contributed by atoms with Crippen LogP contribution in [0.1, 0.15) is 84.0 Å². The van der Waals surface area contributed by atoms with Gasteiger partial charge in [-0.15, -0.1) is 0 Å². The molecule has 0 N–H and O–H groups in total. The van der Waals surface area contributed by atoms with Gasteiger partial charge in [0.05, 0.1) is 0 Å². The lowest BCUT2D eigenvalue weighted by Gasteiger charge is -2.02. The van der Waals surface area contributed by atoms with Crippen molar-refractivity contribution in [3.05, 3.63) is 11.6 Å². The van der Waals surface area contributed by atoms with E-state index in [4.69, 9.17) is 4.74 Å². The van der Waals surface area contributed by atoms with E-state index in [1.807, 2.05) is 13.0 Å². The number of hydrogen-bond acceptors (Lipinski definition) is 3. The van der Waals surface area contributed by atoms with Crippen molar-refractivity contribution < 1.29 is 14.3 Å². The second kappa shape index (κ2) is 11.5. The van der Waals surface area contributed by atoms with E-state index in [0.29, 0.717) is 0 Å². The fourth-order valence-electron chi connectivity index (χ4n) is 2.77. The predicted octanol–water partition coefficient (Wildman–Crippen LogP) is 4.74. The Morgan fingerprint density at radius 1 is 0.952 bits per heavy atom. The molecule has 0 saturated carbocycles. The number of esters is 1. The summed E-state index contributed by atoms with van der Waals surface area (Å²) >= 11 is 0. The molecule has 0 aromatic carbocycles. The van der Waals surface area contributed by atoms with Crippen molar-refractivity contribution in [2.24, 2.45) is 0 Å². The summed E-state index contributed by atoms with van der Waals surface area (Å²) in [6, 6.07) is 0. The highest BCUT2D eigenvalue weighted by Crippen LogP contribution is 2.20. The van der Waals surface area contributed by atoms with E-state index < -0.39 is 0 Å². The van der Waals surface area contributed by atoms with Gasteiger partial charge < -0.3 is 9.53 Å². The number of carbonyl (C=O) groups excluding carboxylic acids is 2. The molecule has 0 saturated heterocycles. The topological polar surface area (TPSA) is 43.4 Å². The number of rotatable bonds is 13. The summed E-state index contributed by atoms with van der Waals surface area (Å²) in [6.07, 6.45) is 16.9. The van der Waals surface area contributed by atoms with Crippen LogP contribution in [0.25, 0.3) is 0 Å². The molecule has 3 nitrogen and oxygen atoms in total. The van der Waals surface area contributed by atoms with E-state index in [1.165, 1.54) is 51.4 Å². The van der Waals surface area contributed by atoms with Crippen LogP contribution in [0.2, 0.25) is 0 Å². The van der Waals surface area contributed by atoms with Gasteiger partial charge >= 0.3 is 5.97 Å². The van der Waals surface area contributed by atoms with Crippen LogP contribution in [-0.4, -0.2) is 18.4 Å². The van der Waals surface area contributed by atoms with Gasteiger partial charge in [0.1, 0.15) is 12.4 Å². The van der Waals surface area contributed by atoms with E-state index in [2.05, 4.69) is 0 Å². The zero-order valence-corrected chi connectivity index (χ0v) is 13.4. The van der Waals surface area contributed by atoms with Crippen molar-refractivity contribution >= 4 is 12.3 Å². The quantitative estimate of drug-likeness (QED) is 0.280. The van der Waals surface area contributed by atoms with Crippen LogP contribution < -0.4 is 0 Å². The molecular formula is C18H30O3. The molecule has 0 amide bonds. The molecule has 0 aromatic heterocycles. The molecule has 1 unspecified atom stereocenters. The molecule has 120 valence electrons. The van der Waals surface area contributed by atoms with E-state index in [-0.39, 0.29) is 12.1 Å². The van der Waals surface area contributed by atoms with Gasteiger partial charge in [0, 0.05) is 12.0 Å². The molecule has 0 aliphatic carbocycles. The van der Waals surface area contributed by atoms with Crippen LogP contribution in [0.3, 0.4) is 0 Å². The third-order valence-electron chi connectivity index (χ3n) is 4.01. The number of aldehydes is 1. The normalized spacial score (nSPS) is 17.7. The molecule has 1 atom stereocenters. The first-order valence-electron chi connectivity index (χ1n) is 8.59. The molecule has 1 aliphatic heterocycles. The lowest BCUT2D eigenvalue weighted by atomic mass is 10.0. The van der Waals surface area contributed by atoms with Crippen LogP contribution in [0.5, 0.6) is 0 Å². The summed E-state index contributed by atoms with van der Waals surface area (Å²) in [5.74, 6) is -0.114. The van der Waals surface area contributed by atoms with Crippen molar-refractivity contribution in [3.8, 4) is 0 Å². The number of carbonyl (C=O) groups is 2. The molecule has 1 aliphatic rings. The summed E-state index contributed by atoms with van der Waals surface area (Å²) in [4.78, 5) is 21.6. The summed E-state index contributed by atoms with van der Waals surface area (Å²) < 4.78 is 5.08. The molecule has 21 heavy (non-hydrogen) atoms. The van der Waals surface area contributed by atoms with Gasteiger partial charge in [-0.1, -0.05) is 51.4 Å². The maximum atomic E-state index is 11.4. The summed E-state index contributed by atoms with van der Waals surface area (Å²) in [5, 5.41) is 0. The van der Waals surface area contributed by atoms with E-state index in [9.17, 15) is 9.59 Å². The Bertz CT molecular complexity index is 333. The molecule has 0 spiro atoms. The fraction of sp³-hybridized carbons (Fsp3) is 0.778. The molecule has 0 bridgehead atoms. The van der Waals surface area contributed by atoms with E-state index in [1.54, 1.807) is 0 Å². The SMILES string of the molecule is CC1C=C(CCCCCCCCCCCCC=O)C(=O)O1. The summed E-state index contributed by atoms with van der Waals surface area (Å²) in [7, 11) is 0. The van der Waals surface area contributed by atoms with Gasteiger partial charge in [-0.2, -0.15) is 0 Å². The second-order valence-electron chi connectivity index (χ2n) is 6.04. The maximum Gasteiger partial charge on any atom is 0.334 e. The molecular weight excluding hydrogens is 264 g/mol. The standard InChI is InChI=1S/C18H30O3/c1-16-15-17(18(20)21-16)13-11-9-7-5-3-2-4-6-8-10-12-14-19/h14-16H,2-13H2,1H3. The first-order chi connectivity index (χ1) is 10.2. The third kappa shape index (κ3) is 8.69. The van der Waals surface area contributed by atoms with Gasteiger partial charge in [0.15, 0.2) is 0 Å². The highest BCUT2D eigenvalue weighted by molar-refractivity contribution is 5.90. The van der Waals surface area contributed by atoms with Crippen LogP contribution in [-0.2, 0) is 14.3 Å². The van der Waals surface area contributed by atoms with E-state index >= 15 is 0 Å². The second-order valence-corrected chi connectivity index (χ2v) is 6.04. The maximum absolute atomic E-state index is 11.4. The van der Waals surface area contributed by atoms with Gasteiger partial charge in [-0.3, -0.25) is 0 Å². The predicted molar refractivity (Wildman–Crippen MR) is 85.1 cm³/mol. The number of unbranched alkanes of at least 4 members (excludes halogenated alkanes) is 10. The number of hydrogen-bond donors (Lipinski definition) is 0. The van der Waals surface area contributed by atoms with Gasteiger partial charge in [-0.25, -0.2) is 4.79 Å². The van der Waals surface area contributed by atoms with Crippen LogP contribution >= 0.6 is 0 Å². The van der Waals surface area contributed by atoms with Gasteiger partial charge in [-0.05, 0) is 32.3 Å². The van der Waals surface area contributed by atoms with Crippen molar-refractivity contribution in [1.82, 2.24) is 0 Å².